The number of carbonyl (C=O) groups is 1. The first-order valence-electron chi connectivity index (χ1n) is 5.95. The summed E-state index contributed by atoms with van der Waals surface area (Å²) in [5.41, 5.74) is -0.640. The van der Waals surface area contributed by atoms with Crippen LogP contribution in [-0.2, 0) is 14.3 Å². The van der Waals surface area contributed by atoms with Gasteiger partial charge in [0.05, 0.1) is 11.5 Å². The van der Waals surface area contributed by atoms with E-state index in [2.05, 4.69) is 0 Å². The summed E-state index contributed by atoms with van der Waals surface area (Å²) in [5, 5.41) is 8.93. The van der Waals surface area contributed by atoms with Gasteiger partial charge in [-0.25, -0.2) is 0 Å². The van der Waals surface area contributed by atoms with E-state index in [0.717, 1.165) is 32.5 Å². The standard InChI is InChI=1S/C12H22O4/c1-12(2,11(13)14)6-3-7-16-10-4-8-15-9-5-10/h10H,3-9H2,1-2H3,(H,13,14). The summed E-state index contributed by atoms with van der Waals surface area (Å²) in [6.07, 6.45) is 3.69. The van der Waals surface area contributed by atoms with E-state index in [-0.39, 0.29) is 0 Å². The van der Waals surface area contributed by atoms with Crippen molar-refractivity contribution in [3.05, 3.63) is 0 Å². The second-order valence-electron chi connectivity index (χ2n) is 4.98. The fourth-order valence-corrected chi connectivity index (χ4v) is 1.71. The molecule has 0 spiro atoms. The van der Waals surface area contributed by atoms with Crippen molar-refractivity contribution in [1.29, 1.82) is 0 Å². The van der Waals surface area contributed by atoms with E-state index in [4.69, 9.17) is 14.6 Å². The highest BCUT2D eigenvalue weighted by Crippen LogP contribution is 2.22. The number of hydrogen-bond donors (Lipinski definition) is 1. The summed E-state index contributed by atoms with van der Waals surface area (Å²) < 4.78 is 10.9. The Hall–Kier alpha value is -0.610. The van der Waals surface area contributed by atoms with Gasteiger partial charge in [0.1, 0.15) is 0 Å². The molecule has 4 heteroatoms. The van der Waals surface area contributed by atoms with Crippen molar-refractivity contribution >= 4 is 5.97 Å². The lowest BCUT2D eigenvalue weighted by Gasteiger charge is -2.23. The zero-order valence-electron chi connectivity index (χ0n) is 10.2. The summed E-state index contributed by atoms with van der Waals surface area (Å²) in [7, 11) is 0. The minimum Gasteiger partial charge on any atom is -0.481 e. The average molecular weight is 230 g/mol. The van der Waals surface area contributed by atoms with Crippen molar-refractivity contribution in [3.63, 3.8) is 0 Å². The van der Waals surface area contributed by atoms with Crippen molar-refractivity contribution in [2.24, 2.45) is 5.41 Å². The highest BCUT2D eigenvalue weighted by atomic mass is 16.5. The zero-order valence-corrected chi connectivity index (χ0v) is 10.2. The predicted octanol–water partition coefficient (Wildman–Crippen LogP) is 2.07. The molecular weight excluding hydrogens is 208 g/mol. The first-order valence-corrected chi connectivity index (χ1v) is 5.95. The van der Waals surface area contributed by atoms with Crippen molar-refractivity contribution in [2.75, 3.05) is 19.8 Å². The van der Waals surface area contributed by atoms with Gasteiger partial charge in [-0.05, 0) is 39.5 Å². The number of rotatable bonds is 6. The molecule has 0 bridgehead atoms. The number of carboxylic acid groups (broad SMARTS) is 1. The van der Waals surface area contributed by atoms with Gasteiger partial charge in [-0.2, -0.15) is 0 Å². The van der Waals surface area contributed by atoms with Crippen LogP contribution < -0.4 is 0 Å². The molecule has 0 aromatic carbocycles. The molecule has 0 aliphatic carbocycles. The van der Waals surface area contributed by atoms with Crippen molar-refractivity contribution in [2.45, 2.75) is 45.6 Å². The highest BCUT2D eigenvalue weighted by molar-refractivity contribution is 5.73. The lowest BCUT2D eigenvalue weighted by molar-refractivity contribution is -0.147. The Morgan fingerprint density at radius 2 is 2.06 bits per heavy atom. The number of carboxylic acids is 1. The van der Waals surface area contributed by atoms with Crippen LogP contribution in [0.15, 0.2) is 0 Å². The minimum absolute atomic E-state index is 0.307. The highest BCUT2D eigenvalue weighted by Gasteiger charge is 2.26. The summed E-state index contributed by atoms with van der Waals surface area (Å²) >= 11 is 0. The van der Waals surface area contributed by atoms with Crippen LogP contribution in [0.3, 0.4) is 0 Å². The van der Waals surface area contributed by atoms with E-state index in [1.807, 2.05) is 0 Å². The van der Waals surface area contributed by atoms with Crippen molar-refractivity contribution in [1.82, 2.24) is 0 Å². The fraction of sp³-hybridized carbons (Fsp3) is 0.917. The molecule has 0 amide bonds. The molecule has 1 heterocycles. The summed E-state index contributed by atoms with van der Waals surface area (Å²) in [5.74, 6) is -0.737. The van der Waals surface area contributed by atoms with Gasteiger partial charge in [0, 0.05) is 19.8 Å². The first-order chi connectivity index (χ1) is 7.52. The van der Waals surface area contributed by atoms with E-state index < -0.39 is 11.4 Å². The van der Waals surface area contributed by atoms with Crippen LogP contribution in [0.2, 0.25) is 0 Å². The van der Waals surface area contributed by atoms with Crippen LogP contribution in [0.5, 0.6) is 0 Å². The Kier molecular flexibility index (Phi) is 5.22. The largest absolute Gasteiger partial charge is 0.481 e. The van der Waals surface area contributed by atoms with Crippen molar-refractivity contribution < 1.29 is 19.4 Å². The third-order valence-corrected chi connectivity index (χ3v) is 3.05. The zero-order chi connectivity index (χ0) is 12.0. The molecule has 0 aromatic rings. The maximum Gasteiger partial charge on any atom is 0.309 e. The van der Waals surface area contributed by atoms with E-state index in [9.17, 15) is 4.79 Å². The van der Waals surface area contributed by atoms with Crippen LogP contribution in [0, 0.1) is 5.41 Å². The number of hydrogen-bond acceptors (Lipinski definition) is 3. The molecule has 1 aliphatic rings. The maximum absolute atomic E-state index is 10.9. The Morgan fingerprint density at radius 3 is 2.62 bits per heavy atom. The van der Waals surface area contributed by atoms with Gasteiger partial charge >= 0.3 is 5.97 Å². The molecule has 1 fully saturated rings. The molecule has 0 unspecified atom stereocenters. The van der Waals surface area contributed by atoms with Gasteiger partial charge in [-0.1, -0.05) is 0 Å². The summed E-state index contributed by atoms with van der Waals surface area (Å²) in [6, 6.07) is 0. The van der Waals surface area contributed by atoms with Crippen LogP contribution in [0.1, 0.15) is 39.5 Å². The molecule has 1 aliphatic heterocycles. The average Bonchev–Trinajstić information content (AvgIpc) is 2.26. The smallest absolute Gasteiger partial charge is 0.309 e. The second-order valence-corrected chi connectivity index (χ2v) is 4.98. The monoisotopic (exact) mass is 230 g/mol. The summed E-state index contributed by atoms with van der Waals surface area (Å²) in [4.78, 5) is 10.9. The van der Waals surface area contributed by atoms with Gasteiger partial charge in [0.25, 0.3) is 0 Å². The SMILES string of the molecule is CC(C)(CCCOC1CCOCC1)C(=O)O. The minimum atomic E-state index is -0.737. The first kappa shape index (κ1) is 13.5. The second kappa shape index (κ2) is 6.21. The van der Waals surface area contributed by atoms with Gasteiger partial charge in [0.15, 0.2) is 0 Å². The normalized spacial score (nSPS) is 18.6. The lowest BCUT2D eigenvalue weighted by Crippen LogP contribution is -2.26. The van der Waals surface area contributed by atoms with Crippen LogP contribution in [0.4, 0.5) is 0 Å². The van der Waals surface area contributed by atoms with Crippen LogP contribution in [0.25, 0.3) is 0 Å². The topological polar surface area (TPSA) is 55.8 Å². The molecule has 0 aromatic heterocycles. The summed E-state index contributed by atoms with van der Waals surface area (Å²) in [6.45, 7) is 5.73. The van der Waals surface area contributed by atoms with Crippen LogP contribution in [-0.4, -0.2) is 37.0 Å². The molecule has 94 valence electrons. The molecule has 1 rings (SSSR count). The Bertz CT molecular complexity index is 219. The maximum atomic E-state index is 10.9. The molecule has 0 atom stereocenters. The van der Waals surface area contributed by atoms with Crippen molar-refractivity contribution in [3.8, 4) is 0 Å². The van der Waals surface area contributed by atoms with E-state index in [1.165, 1.54) is 0 Å². The predicted molar refractivity (Wildman–Crippen MR) is 60.4 cm³/mol. The molecule has 1 N–H and O–H groups in total. The molecular formula is C12H22O4. The number of aliphatic carboxylic acids is 1. The van der Waals surface area contributed by atoms with Gasteiger partial charge in [-0.3, -0.25) is 4.79 Å². The third-order valence-electron chi connectivity index (χ3n) is 3.05. The third kappa shape index (κ3) is 4.49. The van der Waals surface area contributed by atoms with E-state index in [0.29, 0.717) is 19.1 Å². The molecule has 1 saturated heterocycles. The van der Waals surface area contributed by atoms with Gasteiger partial charge in [-0.15, -0.1) is 0 Å². The van der Waals surface area contributed by atoms with E-state index in [1.54, 1.807) is 13.8 Å². The molecule has 4 nitrogen and oxygen atoms in total. The van der Waals surface area contributed by atoms with Gasteiger partial charge in [0.2, 0.25) is 0 Å². The quantitative estimate of drug-likeness (QED) is 0.710. The number of ether oxygens (including phenoxy) is 2. The van der Waals surface area contributed by atoms with Gasteiger partial charge < -0.3 is 14.6 Å². The Balaban J connectivity index is 2.09. The Labute approximate surface area is 96.9 Å². The molecule has 16 heavy (non-hydrogen) atoms. The molecule has 0 radical (unpaired) electrons. The fourth-order valence-electron chi connectivity index (χ4n) is 1.71. The lowest BCUT2D eigenvalue weighted by atomic mass is 9.88. The Morgan fingerprint density at radius 1 is 1.44 bits per heavy atom. The van der Waals surface area contributed by atoms with Crippen LogP contribution >= 0.6 is 0 Å². The van der Waals surface area contributed by atoms with E-state index >= 15 is 0 Å². The molecule has 0 saturated carbocycles.